The van der Waals surface area contributed by atoms with Gasteiger partial charge >= 0.3 is 0 Å². The number of aromatic nitrogens is 2. The first-order valence-corrected chi connectivity index (χ1v) is 8.91. The lowest BCUT2D eigenvalue weighted by molar-refractivity contribution is 0.0640. The van der Waals surface area contributed by atoms with E-state index >= 15 is 0 Å². The zero-order valence-corrected chi connectivity index (χ0v) is 15.3. The molecule has 26 heavy (non-hydrogen) atoms. The molecule has 1 saturated heterocycles. The maximum atomic E-state index is 13.0. The number of ether oxygens (including phenoxy) is 1. The predicted octanol–water partition coefficient (Wildman–Crippen LogP) is 0.488. The average Bonchev–Trinajstić information content (AvgIpc) is 3.07. The highest BCUT2D eigenvalue weighted by Gasteiger charge is 2.27. The summed E-state index contributed by atoms with van der Waals surface area (Å²) in [4.78, 5) is 33.9. The van der Waals surface area contributed by atoms with E-state index in [1.165, 1.54) is 0 Å². The zero-order chi connectivity index (χ0) is 18.5. The second-order valence-electron chi connectivity index (χ2n) is 6.22. The van der Waals surface area contributed by atoms with Crippen LogP contribution in [-0.4, -0.2) is 84.0 Å². The van der Waals surface area contributed by atoms with E-state index in [9.17, 15) is 9.59 Å². The van der Waals surface area contributed by atoms with Crippen molar-refractivity contribution < 1.29 is 14.3 Å². The fourth-order valence-corrected chi connectivity index (χ4v) is 3.12. The third-order valence-electron chi connectivity index (χ3n) is 4.65. The summed E-state index contributed by atoms with van der Waals surface area (Å²) in [6.07, 6.45) is 1.75. The Balaban J connectivity index is 1.84. The van der Waals surface area contributed by atoms with Gasteiger partial charge in [-0.1, -0.05) is 13.0 Å². The normalized spacial score (nSPS) is 15.4. The van der Waals surface area contributed by atoms with Crippen molar-refractivity contribution in [3.05, 3.63) is 35.9 Å². The number of pyridine rings is 1. The van der Waals surface area contributed by atoms with Gasteiger partial charge in [-0.05, 0) is 18.7 Å². The molecule has 2 amide bonds. The number of likely N-dealkylation sites (N-methyl/N-ethyl adjacent to an activating group) is 1. The molecule has 0 saturated carbocycles. The topological polar surface area (TPSA) is 79.2 Å². The molecule has 0 atom stereocenters. The Morgan fingerprint density at radius 3 is 2.69 bits per heavy atom. The molecule has 3 rings (SSSR count). The molecular formula is C18H25N5O3. The van der Waals surface area contributed by atoms with Gasteiger partial charge < -0.3 is 19.9 Å². The lowest BCUT2D eigenvalue weighted by Gasteiger charge is -2.33. The highest BCUT2D eigenvalue weighted by atomic mass is 16.5. The molecule has 8 heteroatoms. The summed E-state index contributed by atoms with van der Waals surface area (Å²) in [5.74, 6) is -0.231. The van der Waals surface area contributed by atoms with Crippen molar-refractivity contribution in [3.63, 3.8) is 0 Å². The van der Waals surface area contributed by atoms with Gasteiger partial charge in [0.25, 0.3) is 11.8 Å². The second kappa shape index (κ2) is 8.29. The van der Waals surface area contributed by atoms with Crippen LogP contribution in [0.25, 0.3) is 5.52 Å². The van der Waals surface area contributed by atoms with Crippen LogP contribution in [0.1, 0.15) is 28.0 Å². The van der Waals surface area contributed by atoms with Crippen LogP contribution < -0.4 is 5.32 Å². The quantitative estimate of drug-likeness (QED) is 0.760. The number of hydrogen-bond acceptors (Lipinski definition) is 5. The van der Waals surface area contributed by atoms with Crippen molar-refractivity contribution in [2.45, 2.75) is 6.92 Å². The molecule has 3 heterocycles. The van der Waals surface area contributed by atoms with Crippen molar-refractivity contribution in [1.29, 1.82) is 0 Å². The molecule has 0 spiro atoms. The van der Waals surface area contributed by atoms with Crippen LogP contribution in [0.15, 0.2) is 24.4 Å². The summed E-state index contributed by atoms with van der Waals surface area (Å²) in [7, 11) is 1.58. The Bertz CT molecular complexity index is 780. The van der Waals surface area contributed by atoms with E-state index in [4.69, 9.17) is 4.74 Å². The van der Waals surface area contributed by atoms with E-state index in [1.54, 1.807) is 17.7 Å². The number of rotatable bonds is 6. The number of carbonyl (C=O) groups excluding carboxylic acids is 2. The Morgan fingerprint density at radius 1 is 1.23 bits per heavy atom. The van der Waals surface area contributed by atoms with Crippen LogP contribution in [0.3, 0.4) is 0 Å². The first kappa shape index (κ1) is 18.3. The van der Waals surface area contributed by atoms with Crippen LogP contribution in [0.2, 0.25) is 0 Å². The van der Waals surface area contributed by atoms with Crippen molar-refractivity contribution in [2.24, 2.45) is 0 Å². The Labute approximate surface area is 152 Å². The summed E-state index contributed by atoms with van der Waals surface area (Å²) >= 11 is 0. The summed E-state index contributed by atoms with van der Waals surface area (Å²) in [6.45, 7) is 6.98. The monoisotopic (exact) mass is 359 g/mol. The van der Waals surface area contributed by atoms with Gasteiger partial charge in [-0.15, -0.1) is 0 Å². The number of fused-ring (bicyclic) bond motifs is 1. The van der Waals surface area contributed by atoms with Gasteiger partial charge in [-0.2, -0.15) is 0 Å². The molecule has 0 aliphatic carbocycles. The molecule has 1 aliphatic rings. The van der Waals surface area contributed by atoms with Crippen LogP contribution >= 0.6 is 0 Å². The van der Waals surface area contributed by atoms with E-state index in [1.807, 2.05) is 23.1 Å². The highest BCUT2D eigenvalue weighted by molar-refractivity contribution is 6.02. The first-order chi connectivity index (χ1) is 12.7. The minimum absolute atomic E-state index is 0.125. The third-order valence-corrected chi connectivity index (χ3v) is 4.65. The summed E-state index contributed by atoms with van der Waals surface area (Å²) in [6, 6.07) is 5.47. The Hall–Kier alpha value is -2.45. The Kier molecular flexibility index (Phi) is 5.85. The summed E-state index contributed by atoms with van der Waals surface area (Å²) in [5, 5.41) is 2.76. The first-order valence-electron chi connectivity index (χ1n) is 8.91. The standard InChI is InChI=1S/C18H25N5O3/c1-3-21-9-11-22(12-10-21)18(25)15-14-6-4-5-8-23(14)16(20-15)17(24)19-7-13-26-2/h4-6,8H,3,7,9-13H2,1-2H3,(H,19,24). The number of hydrogen-bond donors (Lipinski definition) is 1. The largest absolute Gasteiger partial charge is 0.383 e. The molecule has 140 valence electrons. The number of methoxy groups -OCH3 is 1. The smallest absolute Gasteiger partial charge is 0.287 e. The van der Waals surface area contributed by atoms with Crippen LogP contribution in [0.5, 0.6) is 0 Å². The van der Waals surface area contributed by atoms with Gasteiger partial charge in [0, 0.05) is 46.0 Å². The summed E-state index contributed by atoms with van der Waals surface area (Å²) < 4.78 is 6.61. The van der Waals surface area contributed by atoms with Crippen LogP contribution in [-0.2, 0) is 4.74 Å². The third kappa shape index (κ3) is 3.71. The van der Waals surface area contributed by atoms with Gasteiger partial charge in [-0.25, -0.2) is 4.98 Å². The van der Waals surface area contributed by atoms with E-state index < -0.39 is 0 Å². The Morgan fingerprint density at radius 2 is 2.00 bits per heavy atom. The minimum atomic E-state index is -0.321. The average molecular weight is 359 g/mol. The molecular weight excluding hydrogens is 334 g/mol. The highest BCUT2D eigenvalue weighted by Crippen LogP contribution is 2.16. The lowest BCUT2D eigenvalue weighted by atomic mass is 10.2. The number of piperazine rings is 1. The van der Waals surface area contributed by atoms with Crippen molar-refractivity contribution in [2.75, 3.05) is 53.0 Å². The number of amides is 2. The number of nitrogens with one attached hydrogen (secondary N) is 1. The molecule has 0 unspecified atom stereocenters. The van der Waals surface area contributed by atoms with Crippen molar-refractivity contribution >= 4 is 17.3 Å². The van der Waals surface area contributed by atoms with Crippen LogP contribution in [0, 0.1) is 0 Å². The van der Waals surface area contributed by atoms with Crippen LogP contribution in [0.4, 0.5) is 0 Å². The lowest BCUT2D eigenvalue weighted by Crippen LogP contribution is -2.48. The second-order valence-corrected chi connectivity index (χ2v) is 6.22. The van der Waals surface area contributed by atoms with Gasteiger partial charge in [0.05, 0.1) is 12.1 Å². The van der Waals surface area contributed by atoms with E-state index in [-0.39, 0.29) is 17.6 Å². The molecule has 1 aliphatic heterocycles. The molecule has 0 aromatic carbocycles. The van der Waals surface area contributed by atoms with Gasteiger partial charge in [0.15, 0.2) is 5.69 Å². The van der Waals surface area contributed by atoms with Gasteiger partial charge in [0.2, 0.25) is 5.82 Å². The van der Waals surface area contributed by atoms with E-state index in [0.717, 1.165) is 19.6 Å². The fraction of sp³-hybridized carbons (Fsp3) is 0.500. The predicted molar refractivity (Wildman–Crippen MR) is 97.4 cm³/mol. The maximum Gasteiger partial charge on any atom is 0.287 e. The molecule has 2 aromatic heterocycles. The maximum absolute atomic E-state index is 13.0. The van der Waals surface area contributed by atoms with E-state index in [0.29, 0.717) is 37.5 Å². The zero-order valence-electron chi connectivity index (χ0n) is 15.3. The minimum Gasteiger partial charge on any atom is -0.383 e. The SMILES string of the molecule is CCN1CCN(C(=O)c2nc(C(=O)NCCOC)n3ccccc23)CC1. The molecule has 0 radical (unpaired) electrons. The molecule has 1 N–H and O–H groups in total. The molecule has 8 nitrogen and oxygen atoms in total. The van der Waals surface area contributed by atoms with Crippen molar-refractivity contribution in [1.82, 2.24) is 24.5 Å². The van der Waals surface area contributed by atoms with E-state index in [2.05, 4.69) is 22.1 Å². The number of imidazole rings is 1. The van der Waals surface area contributed by atoms with Gasteiger partial charge in [-0.3, -0.25) is 14.0 Å². The summed E-state index contributed by atoms with van der Waals surface area (Å²) in [5.41, 5.74) is 0.972. The van der Waals surface area contributed by atoms with Gasteiger partial charge in [0.1, 0.15) is 0 Å². The molecule has 0 bridgehead atoms. The molecule has 2 aromatic rings. The van der Waals surface area contributed by atoms with Crippen molar-refractivity contribution in [3.8, 4) is 0 Å². The molecule has 1 fully saturated rings. The number of nitrogens with zero attached hydrogens (tertiary/aromatic N) is 4. The fourth-order valence-electron chi connectivity index (χ4n) is 3.12. The number of carbonyl (C=O) groups is 2.